The first-order valence-corrected chi connectivity index (χ1v) is 20.8. The Labute approximate surface area is 309 Å². The van der Waals surface area contributed by atoms with E-state index in [1.165, 1.54) is 38.5 Å². The molecule has 1 N–H and O–H groups in total. The average Bonchev–Trinajstić information content (AvgIpc) is 3.60. The summed E-state index contributed by atoms with van der Waals surface area (Å²) in [6, 6.07) is 18.6. The lowest BCUT2D eigenvalue weighted by molar-refractivity contribution is -0.164. The fourth-order valence-corrected chi connectivity index (χ4v) is 16.0. The molecule has 11 aliphatic rings. The monoisotopic (exact) mass is 697 g/mol. The fraction of sp³-hybridized carbons (Fsp3) is 0.617. The zero-order valence-corrected chi connectivity index (χ0v) is 31.1. The van der Waals surface area contributed by atoms with Gasteiger partial charge in [0.15, 0.2) is 5.78 Å². The molecular weight excluding hydrogens is 643 g/mol. The molecule has 3 spiro atoms. The van der Waals surface area contributed by atoms with Gasteiger partial charge in [0.25, 0.3) is 0 Å². The van der Waals surface area contributed by atoms with Gasteiger partial charge in [-0.1, -0.05) is 86.7 Å². The van der Waals surface area contributed by atoms with Crippen LogP contribution in [-0.4, -0.2) is 46.7 Å². The van der Waals surface area contributed by atoms with Gasteiger partial charge in [-0.2, -0.15) is 0 Å². The van der Waals surface area contributed by atoms with Gasteiger partial charge in [-0.25, -0.2) is 4.79 Å². The first kappa shape index (κ1) is 32.3. The second kappa shape index (κ2) is 10.5. The van der Waals surface area contributed by atoms with Crippen molar-refractivity contribution in [3.63, 3.8) is 0 Å². The number of hydrogen-bond acceptors (Lipinski definition) is 4. The van der Waals surface area contributed by atoms with Gasteiger partial charge >= 0.3 is 6.09 Å². The summed E-state index contributed by atoms with van der Waals surface area (Å²) in [7, 11) is 0. The molecule has 2 aromatic rings. The largest absolute Gasteiger partial charge is 0.440 e. The summed E-state index contributed by atoms with van der Waals surface area (Å²) in [6.45, 7) is 6.49. The summed E-state index contributed by atoms with van der Waals surface area (Å²) in [5.41, 5.74) is 2.68. The van der Waals surface area contributed by atoms with E-state index < -0.39 is 11.0 Å². The lowest BCUT2D eigenvalue weighted by Crippen LogP contribution is -2.67. The van der Waals surface area contributed by atoms with E-state index in [1.54, 1.807) is 0 Å². The molecule has 0 aromatic heterocycles. The fourth-order valence-electron chi connectivity index (χ4n) is 16.0. The lowest BCUT2D eigenvalue weighted by Gasteiger charge is -2.71. The van der Waals surface area contributed by atoms with Gasteiger partial charge in [0.2, 0.25) is 0 Å². The number of ketones is 1. The molecule has 0 radical (unpaired) electrons. The molecule has 6 bridgehead atoms. The smallest absolute Gasteiger partial charge is 0.410 e. The maximum absolute atomic E-state index is 15.1. The molecule has 2 aromatic carbocycles. The van der Waals surface area contributed by atoms with Gasteiger partial charge < -0.3 is 14.7 Å². The molecule has 5 nitrogen and oxygen atoms in total. The number of aliphatic hydroxyl groups excluding tert-OH is 1. The van der Waals surface area contributed by atoms with Gasteiger partial charge in [0.05, 0.1) is 12.6 Å². The van der Waals surface area contributed by atoms with Crippen LogP contribution in [0.4, 0.5) is 4.79 Å². The molecule has 8 atom stereocenters. The van der Waals surface area contributed by atoms with Crippen LogP contribution in [0.1, 0.15) is 108 Å². The van der Waals surface area contributed by atoms with Crippen molar-refractivity contribution < 1.29 is 19.4 Å². The quantitative estimate of drug-likeness (QED) is 0.250. The zero-order chi connectivity index (χ0) is 35.3. The Bertz CT molecular complexity index is 1880. The average molecular weight is 698 g/mol. The van der Waals surface area contributed by atoms with Crippen LogP contribution in [0, 0.1) is 56.7 Å². The molecule has 8 unspecified atom stereocenters. The molecule has 5 heteroatoms. The Morgan fingerprint density at radius 2 is 1.42 bits per heavy atom. The van der Waals surface area contributed by atoms with E-state index in [9.17, 15) is 9.90 Å². The van der Waals surface area contributed by atoms with E-state index in [2.05, 4.69) is 73.4 Å². The van der Waals surface area contributed by atoms with Crippen LogP contribution in [0.3, 0.4) is 0 Å². The Kier molecular flexibility index (Phi) is 6.53. The molecule has 52 heavy (non-hydrogen) atoms. The maximum atomic E-state index is 15.1. The van der Waals surface area contributed by atoms with E-state index in [0.717, 1.165) is 85.1 Å². The van der Waals surface area contributed by atoms with E-state index in [-0.39, 0.29) is 45.6 Å². The van der Waals surface area contributed by atoms with Crippen LogP contribution >= 0.6 is 0 Å². The maximum Gasteiger partial charge on any atom is 0.410 e. The Balaban J connectivity index is 0.963. The molecule has 1 amide bonds. The number of amides is 1. The molecule has 13 rings (SSSR count). The molecule has 272 valence electrons. The third kappa shape index (κ3) is 4.05. The minimum atomic E-state index is -0.522. The summed E-state index contributed by atoms with van der Waals surface area (Å²) in [6.07, 6.45) is 21.2. The summed E-state index contributed by atoms with van der Waals surface area (Å²) in [4.78, 5) is 31.4. The number of aliphatic hydroxyl groups is 1. The number of carbonyl (C=O) groups excluding carboxylic acids is 2. The number of hydrogen-bond donors (Lipinski definition) is 1. The number of benzene rings is 2. The van der Waals surface area contributed by atoms with Gasteiger partial charge in [-0.15, -0.1) is 0 Å². The van der Waals surface area contributed by atoms with Crippen molar-refractivity contribution in [2.24, 2.45) is 56.7 Å². The minimum Gasteiger partial charge on any atom is -0.440 e. The van der Waals surface area contributed by atoms with Gasteiger partial charge in [-0.05, 0) is 135 Å². The molecule has 1 heterocycles. The van der Waals surface area contributed by atoms with E-state index in [4.69, 9.17) is 4.74 Å². The van der Waals surface area contributed by atoms with Crippen LogP contribution in [0.25, 0.3) is 11.1 Å². The highest BCUT2D eigenvalue weighted by Gasteiger charge is 2.76. The van der Waals surface area contributed by atoms with E-state index in [1.807, 2.05) is 18.2 Å². The molecule has 8 fully saturated rings. The van der Waals surface area contributed by atoms with Crippen molar-refractivity contribution >= 4 is 11.9 Å². The first-order valence-electron chi connectivity index (χ1n) is 20.8. The number of rotatable bonds is 5. The Morgan fingerprint density at radius 1 is 0.788 bits per heavy atom. The molecule has 1 saturated heterocycles. The van der Waals surface area contributed by atoms with Crippen molar-refractivity contribution in [2.45, 2.75) is 109 Å². The number of nitrogens with zero attached hydrogens (tertiary/aromatic N) is 1. The van der Waals surface area contributed by atoms with Crippen LogP contribution < -0.4 is 0 Å². The molecule has 10 aliphatic carbocycles. The highest BCUT2D eigenvalue weighted by molar-refractivity contribution is 6.10. The van der Waals surface area contributed by atoms with Crippen LogP contribution in [-0.2, 0) is 4.74 Å². The van der Waals surface area contributed by atoms with Gasteiger partial charge in [0, 0.05) is 33.9 Å². The first-order chi connectivity index (χ1) is 25.0. The van der Waals surface area contributed by atoms with Gasteiger partial charge in [-0.3, -0.25) is 4.79 Å². The highest BCUT2D eigenvalue weighted by atomic mass is 16.6. The Hall–Kier alpha value is -3.18. The predicted octanol–water partition coefficient (Wildman–Crippen LogP) is 9.80. The lowest BCUT2D eigenvalue weighted by atomic mass is 9.32. The van der Waals surface area contributed by atoms with Crippen LogP contribution in [0.15, 0.2) is 78.4 Å². The zero-order valence-electron chi connectivity index (χ0n) is 31.1. The second-order valence-corrected chi connectivity index (χ2v) is 20.2. The third-order valence-corrected chi connectivity index (χ3v) is 17.9. The van der Waals surface area contributed by atoms with Crippen molar-refractivity contribution in [1.82, 2.24) is 4.90 Å². The number of fused-ring (bicyclic) bond motifs is 2. The normalized spacial score (nSPS) is 47.6. The summed E-state index contributed by atoms with van der Waals surface area (Å²) in [5, 5.41) is 11.1. The van der Waals surface area contributed by atoms with Gasteiger partial charge in [0.1, 0.15) is 5.60 Å². The van der Waals surface area contributed by atoms with E-state index >= 15 is 4.79 Å². The van der Waals surface area contributed by atoms with Crippen molar-refractivity contribution in [2.75, 3.05) is 13.1 Å². The summed E-state index contributed by atoms with van der Waals surface area (Å²) >= 11 is 0. The second-order valence-electron chi connectivity index (χ2n) is 20.2. The topological polar surface area (TPSA) is 66.8 Å². The minimum absolute atomic E-state index is 0.0318. The Morgan fingerprint density at radius 3 is 2.13 bits per heavy atom. The predicted molar refractivity (Wildman–Crippen MR) is 201 cm³/mol. The number of carbonyl (C=O) groups is 2. The highest BCUT2D eigenvalue weighted by Crippen LogP contribution is 2.79. The third-order valence-electron chi connectivity index (χ3n) is 17.9. The molecular formula is C47H55NO4. The van der Waals surface area contributed by atoms with E-state index in [0.29, 0.717) is 18.9 Å². The number of ether oxygens (including phenoxy) is 1. The summed E-state index contributed by atoms with van der Waals surface area (Å²) < 4.78 is 6.80. The van der Waals surface area contributed by atoms with Crippen LogP contribution in [0.5, 0.6) is 0 Å². The molecule has 7 saturated carbocycles. The standard InChI is InChI=1S/C47H55NO4/c1-42-15-12-36(49)26-45(42)18-19-47(37(27-45)40(50)35-10-8-34(9-11-35)33-6-4-3-5-7-33)38(42)13-16-43(2)39(47)14-17-46(43)29-48(41(51)52-46)28-44-23-30-20-31(24-44)22-32(21-30)25-44/h3-11,18-19,27,30-32,36,38-39,49H,12-17,20-26,28-29H2,1-2H3. The van der Waals surface area contributed by atoms with Crippen molar-refractivity contribution in [3.8, 4) is 11.1 Å². The summed E-state index contributed by atoms with van der Waals surface area (Å²) in [5.74, 6) is 3.21. The number of Topliss-reactive ketones (excluding diaryl/α,β-unsaturated/α-hetero) is 1. The van der Waals surface area contributed by atoms with Crippen molar-refractivity contribution in [3.05, 3.63) is 84.0 Å². The van der Waals surface area contributed by atoms with Crippen LogP contribution in [0.2, 0.25) is 0 Å². The SMILES string of the molecule is CC12CCC(O)CC13C=CC1(C(C(=O)c4ccc(-c5ccccc5)cc4)=C3)C2CCC2(C)C1CCC21CN(CC23CC4CC(CC(C4)C2)C3)C(=O)O1. The molecule has 1 aliphatic heterocycles. The van der Waals surface area contributed by atoms with Crippen molar-refractivity contribution in [1.29, 1.82) is 0 Å². The number of allylic oxidation sites excluding steroid dienone is 4.